The number of para-hydroxylation sites is 1. The van der Waals surface area contributed by atoms with Crippen LogP contribution in [0, 0.1) is 13.8 Å². The summed E-state index contributed by atoms with van der Waals surface area (Å²) in [5, 5.41) is 5.98. The number of hydrogen-bond donors (Lipinski definition) is 2. The van der Waals surface area contributed by atoms with Gasteiger partial charge in [0.1, 0.15) is 0 Å². The number of anilines is 1. The number of pyridine rings is 1. The first-order valence-electron chi connectivity index (χ1n) is 14.9. The molecular weight excluding hydrogens is 510 g/mol. The monoisotopic (exact) mass is 555 g/mol. The number of hydrogen-bond acceptors (Lipinski definition) is 5. The van der Waals surface area contributed by atoms with Crippen LogP contribution in [0.3, 0.4) is 0 Å². The molecule has 0 bridgehead atoms. The summed E-state index contributed by atoms with van der Waals surface area (Å²) in [7, 11) is 0. The average Bonchev–Trinajstić information content (AvgIpc) is 2.96. The molecule has 2 N–H and O–H groups in total. The van der Waals surface area contributed by atoms with Gasteiger partial charge in [0.05, 0.1) is 0 Å². The fourth-order valence-corrected chi connectivity index (χ4v) is 5.61. The molecule has 2 amide bonds. The Bertz CT molecular complexity index is 1300. The topological polar surface area (TPSA) is 77.6 Å². The largest absolute Gasteiger partial charge is 0.364 e. The molecule has 7 nitrogen and oxygen atoms in total. The lowest BCUT2D eigenvalue weighted by molar-refractivity contribution is 0.0931. The summed E-state index contributed by atoms with van der Waals surface area (Å²) in [5.41, 5.74) is 5.80. The second kappa shape index (κ2) is 14.3. The van der Waals surface area contributed by atoms with Crippen molar-refractivity contribution >= 4 is 17.5 Å². The van der Waals surface area contributed by atoms with Gasteiger partial charge < -0.3 is 20.4 Å². The standard InChI is InChI=1S/C34H45N5O2/c1-24(2)37-33(40)28-11-12-32(26(4)21-28)34(41)36-18-14-27(5)38-19-15-31(16-20-38)39(30-9-7-6-8-10-30)23-29-22-35-17-13-25(29)3/h6-13,17,21-22,24,27,31H,14-16,18-20,23H2,1-5H3,(H,36,41)(H,37,40). The van der Waals surface area contributed by atoms with Crippen molar-refractivity contribution in [3.63, 3.8) is 0 Å². The van der Waals surface area contributed by atoms with Crippen LogP contribution in [0.5, 0.6) is 0 Å². The van der Waals surface area contributed by atoms with Crippen LogP contribution in [0.4, 0.5) is 5.69 Å². The van der Waals surface area contributed by atoms with Crippen LogP contribution >= 0.6 is 0 Å². The van der Waals surface area contributed by atoms with E-state index < -0.39 is 0 Å². The van der Waals surface area contributed by atoms with Crippen molar-refractivity contribution in [1.82, 2.24) is 20.5 Å². The minimum atomic E-state index is -0.119. The summed E-state index contributed by atoms with van der Waals surface area (Å²) in [4.78, 5) is 34.6. The van der Waals surface area contributed by atoms with E-state index in [1.165, 1.54) is 16.8 Å². The Morgan fingerprint density at radius 2 is 1.71 bits per heavy atom. The summed E-state index contributed by atoms with van der Waals surface area (Å²) >= 11 is 0. The zero-order chi connectivity index (χ0) is 29.4. The van der Waals surface area contributed by atoms with Crippen LogP contribution in [0.1, 0.15) is 77.4 Å². The Morgan fingerprint density at radius 1 is 0.976 bits per heavy atom. The number of aromatic nitrogens is 1. The number of carbonyl (C=O) groups is 2. The van der Waals surface area contributed by atoms with Crippen molar-refractivity contribution < 1.29 is 9.59 Å². The van der Waals surface area contributed by atoms with Gasteiger partial charge in [-0.3, -0.25) is 14.6 Å². The number of carbonyl (C=O) groups excluding carboxylic acids is 2. The molecular formula is C34H45N5O2. The maximum atomic E-state index is 12.9. The van der Waals surface area contributed by atoms with Crippen LogP contribution in [0.25, 0.3) is 0 Å². The second-order valence-electron chi connectivity index (χ2n) is 11.6. The molecule has 218 valence electrons. The predicted molar refractivity (Wildman–Crippen MR) is 166 cm³/mol. The van der Waals surface area contributed by atoms with Crippen molar-refractivity contribution in [2.45, 2.75) is 78.6 Å². The number of nitrogens with one attached hydrogen (secondary N) is 2. The van der Waals surface area contributed by atoms with Gasteiger partial charge in [-0.2, -0.15) is 0 Å². The maximum absolute atomic E-state index is 12.9. The molecule has 3 aromatic rings. The summed E-state index contributed by atoms with van der Waals surface area (Å²) in [5.74, 6) is -0.208. The highest BCUT2D eigenvalue weighted by Gasteiger charge is 2.27. The van der Waals surface area contributed by atoms with Gasteiger partial charge in [0, 0.05) is 73.5 Å². The molecule has 1 unspecified atom stereocenters. The quantitative estimate of drug-likeness (QED) is 0.326. The van der Waals surface area contributed by atoms with E-state index >= 15 is 0 Å². The highest BCUT2D eigenvalue weighted by molar-refractivity contribution is 5.99. The SMILES string of the molecule is Cc1ccncc1CN(c1ccccc1)C1CCN(C(C)CCNC(=O)c2ccc(C(=O)NC(C)C)cc2C)CC1. The normalized spacial score (nSPS) is 15.0. The van der Waals surface area contributed by atoms with E-state index in [4.69, 9.17) is 0 Å². The molecule has 1 aromatic heterocycles. The van der Waals surface area contributed by atoms with Crippen molar-refractivity contribution in [3.05, 3.63) is 94.8 Å². The maximum Gasteiger partial charge on any atom is 0.251 e. The number of piperidine rings is 1. The van der Waals surface area contributed by atoms with Crippen molar-refractivity contribution in [3.8, 4) is 0 Å². The fourth-order valence-electron chi connectivity index (χ4n) is 5.61. The molecule has 0 spiro atoms. The zero-order valence-corrected chi connectivity index (χ0v) is 25.2. The molecule has 1 atom stereocenters. The zero-order valence-electron chi connectivity index (χ0n) is 25.2. The first-order valence-corrected chi connectivity index (χ1v) is 14.9. The van der Waals surface area contributed by atoms with Gasteiger partial charge in [-0.15, -0.1) is 0 Å². The molecule has 7 heteroatoms. The fraction of sp³-hybridized carbons (Fsp3) is 0.441. The third-order valence-electron chi connectivity index (χ3n) is 8.14. The lowest BCUT2D eigenvalue weighted by Crippen LogP contribution is -2.48. The van der Waals surface area contributed by atoms with E-state index in [-0.39, 0.29) is 17.9 Å². The van der Waals surface area contributed by atoms with Crippen molar-refractivity contribution in [2.24, 2.45) is 0 Å². The Morgan fingerprint density at radius 3 is 2.37 bits per heavy atom. The molecule has 4 rings (SSSR count). The average molecular weight is 556 g/mol. The molecule has 2 aromatic carbocycles. The van der Waals surface area contributed by atoms with Crippen LogP contribution < -0.4 is 15.5 Å². The molecule has 41 heavy (non-hydrogen) atoms. The molecule has 0 aliphatic carbocycles. The molecule has 0 radical (unpaired) electrons. The van der Waals surface area contributed by atoms with Crippen LogP contribution in [-0.2, 0) is 6.54 Å². The van der Waals surface area contributed by atoms with E-state index in [9.17, 15) is 9.59 Å². The molecule has 1 aliphatic heterocycles. The third-order valence-corrected chi connectivity index (χ3v) is 8.14. The Balaban J connectivity index is 1.28. The van der Waals surface area contributed by atoms with Crippen LogP contribution in [0.15, 0.2) is 67.0 Å². The summed E-state index contributed by atoms with van der Waals surface area (Å²) in [6.45, 7) is 13.7. The Kier molecular flexibility index (Phi) is 10.5. The molecule has 1 fully saturated rings. The van der Waals surface area contributed by atoms with E-state index in [2.05, 4.69) is 75.7 Å². The van der Waals surface area contributed by atoms with Gasteiger partial charge in [0.2, 0.25) is 0 Å². The number of aryl methyl sites for hydroxylation is 2. The van der Waals surface area contributed by atoms with Crippen LogP contribution in [-0.4, -0.2) is 59.5 Å². The number of amides is 2. The number of nitrogens with zero attached hydrogens (tertiary/aromatic N) is 3. The molecule has 0 saturated carbocycles. The molecule has 2 heterocycles. The van der Waals surface area contributed by atoms with E-state index in [0.717, 1.165) is 44.5 Å². The van der Waals surface area contributed by atoms with Gasteiger partial charge in [0.25, 0.3) is 11.8 Å². The highest BCUT2D eigenvalue weighted by Crippen LogP contribution is 2.27. The number of likely N-dealkylation sites (tertiary alicyclic amines) is 1. The number of rotatable bonds is 11. The van der Waals surface area contributed by atoms with E-state index in [1.807, 2.05) is 33.2 Å². The predicted octanol–water partition coefficient (Wildman–Crippen LogP) is 5.52. The minimum absolute atomic E-state index is 0.0671. The van der Waals surface area contributed by atoms with Gasteiger partial charge >= 0.3 is 0 Å². The smallest absolute Gasteiger partial charge is 0.251 e. The Hall–Kier alpha value is -3.71. The highest BCUT2D eigenvalue weighted by atomic mass is 16.2. The number of benzene rings is 2. The minimum Gasteiger partial charge on any atom is -0.364 e. The lowest BCUT2D eigenvalue weighted by Gasteiger charge is -2.42. The molecule has 1 saturated heterocycles. The van der Waals surface area contributed by atoms with Crippen molar-refractivity contribution in [2.75, 3.05) is 24.5 Å². The van der Waals surface area contributed by atoms with Gasteiger partial charge in [0.15, 0.2) is 0 Å². The summed E-state index contributed by atoms with van der Waals surface area (Å²) < 4.78 is 0. The first-order chi connectivity index (χ1) is 19.7. The summed E-state index contributed by atoms with van der Waals surface area (Å²) in [6.07, 6.45) is 6.94. The third kappa shape index (κ3) is 8.17. The van der Waals surface area contributed by atoms with Crippen molar-refractivity contribution in [1.29, 1.82) is 0 Å². The summed E-state index contributed by atoms with van der Waals surface area (Å²) in [6, 6.07) is 19.0. The molecule has 1 aliphatic rings. The van der Waals surface area contributed by atoms with Gasteiger partial charge in [-0.25, -0.2) is 0 Å². The second-order valence-corrected chi connectivity index (χ2v) is 11.6. The van der Waals surface area contributed by atoms with Gasteiger partial charge in [-0.1, -0.05) is 18.2 Å². The van der Waals surface area contributed by atoms with Crippen LogP contribution in [0.2, 0.25) is 0 Å². The first kappa shape index (κ1) is 30.3. The van der Waals surface area contributed by atoms with Gasteiger partial charge in [-0.05, 0) is 107 Å². The lowest BCUT2D eigenvalue weighted by atomic mass is 9.99. The van der Waals surface area contributed by atoms with E-state index in [1.54, 1.807) is 18.2 Å². The Labute approximate surface area is 245 Å². The van der Waals surface area contributed by atoms with E-state index in [0.29, 0.717) is 29.8 Å².